The summed E-state index contributed by atoms with van der Waals surface area (Å²) in [6, 6.07) is 0. The zero-order valence-corrected chi connectivity index (χ0v) is 11.1. The van der Waals surface area contributed by atoms with Crippen molar-refractivity contribution in [1.82, 2.24) is 0 Å². The quantitative estimate of drug-likeness (QED) is 0.823. The molecule has 0 spiro atoms. The van der Waals surface area contributed by atoms with Crippen LogP contribution in [0.3, 0.4) is 0 Å². The van der Waals surface area contributed by atoms with Crippen LogP contribution in [0.15, 0.2) is 0 Å². The van der Waals surface area contributed by atoms with E-state index in [0.717, 1.165) is 19.3 Å². The van der Waals surface area contributed by atoms with Crippen molar-refractivity contribution in [2.45, 2.75) is 75.6 Å². The summed E-state index contributed by atoms with van der Waals surface area (Å²) >= 11 is 0. The van der Waals surface area contributed by atoms with Crippen LogP contribution in [0.1, 0.15) is 57.8 Å². The Labute approximate surface area is 105 Å². The van der Waals surface area contributed by atoms with Crippen molar-refractivity contribution >= 4 is 0 Å². The van der Waals surface area contributed by atoms with E-state index in [1.807, 2.05) is 7.11 Å². The first-order chi connectivity index (χ1) is 8.28. The molecule has 3 heteroatoms. The van der Waals surface area contributed by atoms with E-state index in [4.69, 9.17) is 15.2 Å². The van der Waals surface area contributed by atoms with Crippen LogP contribution in [0.4, 0.5) is 0 Å². The molecular weight excluding hydrogens is 214 g/mol. The second-order valence-corrected chi connectivity index (χ2v) is 5.71. The molecule has 2 fully saturated rings. The minimum absolute atomic E-state index is 0.0153. The van der Waals surface area contributed by atoms with Gasteiger partial charge in [0.05, 0.1) is 17.8 Å². The highest BCUT2D eigenvalue weighted by molar-refractivity contribution is 4.88. The van der Waals surface area contributed by atoms with E-state index < -0.39 is 0 Å². The van der Waals surface area contributed by atoms with Crippen molar-refractivity contribution in [3.05, 3.63) is 0 Å². The largest absolute Gasteiger partial charge is 0.381 e. The molecule has 2 N–H and O–H groups in total. The molecule has 0 bridgehead atoms. The van der Waals surface area contributed by atoms with E-state index in [9.17, 15) is 0 Å². The zero-order chi connectivity index (χ0) is 12.1. The molecule has 2 rings (SSSR count). The van der Waals surface area contributed by atoms with Crippen LogP contribution in [0, 0.1) is 0 Å². The van der Waals surface area contributed by atoms with Crippen molar-refractivity contribution in [2.75, 3.05) is 13.7 Å². The summed E-state index contributed by atoms with van der Waals surface area (Å²) in [5, 5.41) is 0. The van der Waals surface area contributed by atoms with E-state index in [-0.39, 0.29) is 5.60 Å². The lowest BCUT2D eigenvalue weighted by atomic mass is 9.84. The van der Waals surface area contributed by atoms with E-state index in [2.05, 4.69) is 0 Å². The van der Waals surface area contributed by atoms with Crippen molar-refractivity contribution in [3.8, 4) is 0 Å². The van der Waals surface area contributed by atoms with Gasteiger partial charge in [-0.3, -0.25) is 0 Å². The predicted molar refractivity (Wildman–Crippen MR) is 69.0 cm³/mol. The number of methoxy groups -OCH3 is 1. The molecule has 0 aliphatic heterocycles. The van der Waals surface area contributed by atoms with Crippen LogP contribution in [0.5, 0.6) is 0 Å². The smallest absolute Gasteiger partial charge is 0.0807 e. The van der Waals surface area contributed by atoms with Gasteiger partial charge in [0, 0.05) is 13.7 Å². The van der Waals surface area contributed by atoms with Crippen LogP contribution in [0.25, 0.3) is 0 Å². The van der Waals surface area contributed by atoms with Crippen molar-refractivity contribution < 1.29 is 9.47 Å². The molecule has 0 aromatic carbocycles. The summed E-state index contributed by atoms with van der Waals surface area (Å²) in [5.41, 5.74) is 5.95. The summed E-state index contributed by atoms with van der Waals surface area (Å²) in [4.78, 5) is 0. The Bertz CT molecular complexity index is 226. The van der Waals surface area contributed by atoms with Gasteiger partial charge in [-0.15, -0.1) is 0 Å². The van der Waals surface area contributed by atoms with Gasteiger partial charge in [0.2, 0.25) is 0 Å². The third kappa shape index (κ3) is 3.43. The van der Waals surface area contributed by atoms with Gasteiger partial charge in [0.1, 0.15) is 0 Å². The number of hydrogen-bond donors (Lipinski definition) is 1. The fourth-order valence-electron chi connectivity index (χ4n) is 3.34. The molecule has 0 saturated heterocycles. The molecule has 2 aliphatic carbocycles. The van der Waals surface area contributed by atoms with Gasteiger partial charge < -0.3 is 15.2 Å². The molecule has 0 heterocycles. The van der Waals surface area contributed by atoms with E-state index in [1.165, 1.54) is 38.5 Å². The first-order valence-corrected chi connectivity index (χ1v) is 7.19. The van der Waals surface area contributed by atoms with E-state index >= 15 is 0 Å². The maximum atomic E-state index is 6.40. The van der Waals surface area contributed by atoms with E-state index in [0.29, 0.717) is 18.8 Å². The average molecular weight is 241 g/mol. The minimum Gasteiger partial charge on any atom is -0.381 e. The number of rotatable bonds is 4. The molecular formula is C14H27NO2. The van der Waals surface area contributed by atoms with Crippen LogP contribution in [-0.4, -0.2) is 31.5 Å². The maximum absolute atomic E-state index is 6.40. The highest BCUT2D eigenvalue weighted by Gasteiger charge is 2.35. The number of ether oxygens (including phenoxy) is 2. The first-order valence-electron chi connectivity index (χ1n) is 7.19. The molecule has 100 valence electrons. The van der Waals surface area contributed by atoms with Gasteiger partial charge in [0.25, 0.3) is 0 Å². The summed E-state index contributed by atoms with van der Waals surface area (Å²) in [6.07, 6.45) is 11.6. The normalized spacial score (nSPS) is 33.5. The molecule has 2 atom stereocenters. The first kappa shape index (κ1) is 13.3. The highest BCUT2D eigenvalue weighted by atomic mass is 16.5. The predicted octanol–water partition coefficient (Wildman–Crippen LogP) is 2.62. The third-order valence-electron chi connectivity index (χ3n) is 4.46. The monoisotopic (exact) mass is 241 g/mol. The summed E-state index contributed by atoms with van der Waals surface area (Å²) in [6.45, 7) is 0.682. The summed E-state index contributed by atoms with van der Waals surface area (Å²) in [7, 11) is 1.81. The van der Waals surface area contributed by atoms with Gasteiger partial charge in [-0.2, -0.15) is 0 Å². The van der Waals surface area contributed by atoms with Crippen LogP contribution < -0.4 is 5.73 Å². The maximum Gasteiger partial charge on any atom is 0.0807 e. The molecule has 2 unspecified atom stereocenters. The fraction of sp³-hybridized carbons (Fsp3) is 1.00. The van der Waals surface area contributed by atoms with Gasteiger partial charge in [0.15, 0.2) is 0 Å². The van der Waals surface area contributed by atoms with Crippen LogP contribution >= 0.6 is 0 Å². The van der Waals surface area contributed by atoms with Crippen molar-refractivity contribution in [3.63, 3.8) is 0 Å². The molecule has 3 nitrogen and oxygen atoms in total. The average Bonchev–Trinajstić information content (AvgIpc) is 2.40. The Morgan fingerprint density at radius 2 is 1.76 bits per heavy atom. The van der Waals surface area contributed by atoms with Crippen LogP contribution in [-0.2, 0) is 9.47 Å². The SMILES string of the molecule is COC1CCCC(OC2(CN)CCCCC2)C1. The van der Waals surface area contributed by atoms with Gasteiger partial charge in [-0.05, 0) is 38.5 Å². The lowest BCUT2D eigenvalue weighted by Gasteiger charge is -2.41. The standard InChI is InChI=1S/C14H27NO2/c1-16-12-6-5-7-13(10-12)17-14(11-15)8-3-2-4-9-14/h12-13H,2-11,15H2,1H3. The topological polar surface area (TPSA) is 44.5 Å². The Morgan fingerprint density at radius 1 is 1.06 bits per heavy atom. The Balaban J connectivity index is 1.88. The molecule has 0 aromatic rings. The third-order valence-corrected chi connectivity index (χ3v) is 4.46. The number of nitrogens with two attached hydrogens (primary N) is 1. The molecule has 0 radical (unpaired) electrons. The lowest BCUT2D eigenvalue weighted by Crippen LogP contribution is -2.46. The lowest BCUT2D eigenvalue weighted by molar-refractivity contribution is -0.133. The Kier molecular flexibility index (Phi) is 4.83. The second-order valence-electron chi connectivity index (χ2n) is 5.71. The zero-order valence-electron chi connectivity index (χ0n) is 11.1. The van der Waals surface area contributed by atoms with Gasteiger partial charge in [-0.25, -0.2) is 0 Å². The Hall–Kier alpha value is -0.120. The number of hydrogen-bond acceptors (Lipinski definition) is 3. The fourth-order valence-corrected chi connectivity index (χ4v) is 3.34. The molecule has 2 saturated carbocycles. The minimum atomic E-state index is -0.0153. The van der Waals surface area contributed by atoms with Crippen molar-refractivity contribution in [1.29, 1.82) is 0 Å². The summed E-state index contributed by atoms with van der Waals surface area (Å²) < 4.78 is 11.9. The van der Waals surface area contributed by atoms with E-state index in [1.54, 1.807) is 0 Å². The van der Waals surface area contributed by atoms with Crippen molar-refractivity contribution in [2.24, 2.45) is 5.73 Å². The van der Waals surface area contributed by atoms with Gasteiger partial charge in [-0.1, -0.05) is 19.3 Å². The second kappa shape index (κ2) is 6.17. The molecule has 17 heavy (non-hydrogen) atoms. The molecule has 0 amide bonds. The highest BCUT2D eigenvalue weighted by Crippen LogP contribution is 2.35. The Morgan fingerprint density at radius 3 is 2.41 bits per heavy atom. The molecule has 0 aromatic heterocycles. The molecule has 2 aliphatic rings. The summed E-state index contributed by atoms with van der Waals surface area (Å²) in [5.74, 6) is 0. The van der Waals surface area contributed by atoms with Gasteiger partial charge >= 0.3 is 0 Å². The van der Waals surface area contributed by atoms with Crippen LogP contribution in [0.2, 0.25) is 0 Å².